The molecule has 0 radical (unpaired) electrons. The minimum absolute atomic E-state index is 0.795. The SMILES string of the molecule is C1CCCCCC(C23CCCCC(CCC2)C3)CCCCC1. The van der Waals surface area contributed by atoms with Crippen LogP contribution in [0, 0.1) is 17.3 Å². The van der Waals surface area contributed by atoms with E-state index in [1.54, 1.807) is 64.2 Å². The van der Waals surface area contributed by atoms with Gasteiger partial charge in [0.1, 0.15) is 0 Å². The average molecular weight is 305 g/mol. The van der Waals surface area contributed by atoms with Gasteiger partial charge in [-0.15, -0.1) is 0 Å². The molecule has 3 aliphatic carbocycles. The second-order valence-corrected chi connectivity index (χ2v) is 9.03. The number of hydrogen-bond donors (Lipinski definition) is 0. The first-order chi connectivity index (χ1) is 10.9. The molecule has 3 fully saturated rings. The summed E-state index contributed by atoms with van der Waals surface area (Å²) in [6.07, 6.45) is 29.4. The molecule has 3 rings (SSSR count). The van der Waals surface area contributed by atoms with Gasteiger partial charge in [-0.05, 0) is 49.4 Å². The molecule has 0 N–H and O–H groups in total. The molecule has 128 valence electrons. The van der Waals surface area contributed by atoms with Crippen LogP contribution in [0.5, 0.6) is 0 Å². The van der Waals surface area contributed by atoms with Crippen molar-refractivity contribution in [1.82, 2.24) is 0 Å². The van der Waals surface area contributed by atoms with E-state index in [9.17, 15) is 0 Å². The van der Waals surface area contributed by atoms with E-state index in [1.165, 1.54) is 57.8 Å². The van der Waals surface area contributed by atoms with Gasteiger partial charge in [-0.3, -0.25) is 0 Å². The van der Waals surface area contributed by atoms with Crippen molar-refractivity contribution < 1.29 is 0 Å². The molecule has 0 amide bonds. The predicted octanol–water partition coefficient (Wildman–Crippen LogP) is 7.66. The highest BCUT2D eigenvalue weighted by atomic mass is 14.5. The second-order valence-electron chi connectivity index (χ2n) is 9.03. The fourth-order valence-electron chi connectivity index (χ4n) is 6.26. The van der Waals surface area contributed by atoms with E-state index >= 15 is 0 Å². The van der Waals surface area contributed by atoms with Gasteiger partial charge in [-0.2, -0.15) is 0 Å². The van der Waals surface area contributed by atoms with Crippen molar-refractivity contribution in [3.8, 4) is 0 Å². The third kappa shape index (κ3) is 4.51. The normalized spacial score (nSPS) is 36.8. The molecule has 0 saturated heterocycles. The zero-order chi connectivity index (χ0) is 15.1. The van der Waals surface area contributed by atoms with E-state index in [0.29, 0.717) is 0 Å². The lowest BCUT2D eigenvalue weighted by molar-refractivity contribution is 0.0489. The molecule has 0 heteroatoms. The maximum atomic E-state index is 1.62. The van der Waals surface area contributed by atoms with Crippen LogP contribution >= 0.6 is 0 Å². The molecular weight excluding hydrogens is 264 g/mol. The van der Waals surface area contributed by atoms with E-state index in [-0.39, 0.29) is 0 Å². The largest absolute Gasteiger partial charge is 0.0533 e. The lowest BCUT2D eigenvalue weighted by Crippen LogP contribution is -2.35. The van der Waals surface area contributed by atoms with Gasteiger partial charge in [0.25, 0.3) is 0 Å². The van der Waals surface area contributed by atoms with Gasteiger partial charge < -0.3 is 0 Å². The first kappa shape index (κ1) is 16.8. The zero-order valence-corrected chi connectivity index (χ0v) is 15.1. The summed E-state index contributed by atoms with van der Waals surface area (Å²) in [6.45, 7) is 0. The summed E-state index contributed by atoms with van der Waals surface area (Å²) < 4.78 is 0. The molecule has 3 saturated carbocycles. The number of hydrogen-bond acceptors (Lipinski definition) is 0. The molecule has 0 aromatic carbocycles. The van der Waals surface area contributed by atoms with E-state index in [2.05, 4.69) is 0 Å². The molecule has 0 aromatic heterocycles. The van der Waals surface area contributed by atoms with Crippen molar-refractivity contribution in [2.45, 2.75) is 122 Å². The van der Waals surface area contributed by atoms with Gasteiger partial charge in [0.05, 0.1) is 0 Å². The molecule has 0 spiro atoms. The smallest absolute Gasteiger partial charge is 0.0267 e. The summed E-state index contributed by atoms with van der Waals surface area (Å²) in [5, 5.41) is 0. The fourth-order valence-corrected chi connectivity index (χ4v) is 6.26. The van der Waals surface area contributed by atoms with Crippen molar-refractivity contribution in [3.63, 3.8) is 0 Å². The Morgan fingerprint density at radius 1 is 0.455 bits per heavy atom. The Bertz CT molecular complexity index is 295. The number of fused-ring (bicyclic) bond motifs is 2. The van der Waals surface area contributed by atoms with Crippen LogP contribution in [0.2, 0.25) is 0 Å². The summed E-state index contributed by atoms with van der Waals surface area (Å²) in [6, 6.07) is 0. The fraction of sp³-hybridized carbons (Fsp3) is 1.00. The van der Waals surface area contributed by atoms with Crippen molar-refractivity contribution in [3.05, 3.63) is 0 Å². The average Bonchev–Trinajstić information content (AvgIpc) is 2.66. The third-order valence-electron chi connectivity index (χ3n) is 7.49. The molecule has 0 aromatic rings. The first-order valence-electron chi connectivity index (χ1n) is 10.9. The van der Waals surface area contributed by atoms with Gasteiger partial charge in [0, 0.05) is 0 Å². The second kappa shape index (κ2) is 8.74. The number of rotatable bonds is 1. The summed E-state index contributed by atoms with van der Waals surface area (Å²) in [4.78, 5) is 0. The third-order valence-corrected chi connectivity index (χ3v) is 7.49. The van der Waals surface area contributed by atoms with Crippen molar-refractivity contribution >= 4 is 0 Å². The Hall–Kier alpha value is 0. The predicted molar refractivity (Wildman–Crippen MR) is 97.1 cm³/mol. The van der Waals surface area contributed by atoms with Crippen LogP contribution in [-0.2, 0) is 0 Å². The summed E-state index contributed by atoms with van der Waals surface area (Å²) in [5.74, 6) is 2.20. The summed E-state index contributed by atoms with van der Waals surface area (Å²) in [5.41, 5.74) is 0.795. The van der Waals surface area contributed by atoms with Crippen LogP contribution in [0.25, 0.3) is 0 Å². The maximum absolute atomic E-state index is 1.62. The van der Waals surface area contributed by atoms with Gasteiger partial charge in [-0.1, -0.05) is 89.9 Å². The van der Waals surface area contributed by atoms with E-state index in [0.717, 1.165) is 17.3 Å². The Labute approximate surface area is 139 Å². The molecule has 2 atom stereocenters. The van der Waals surface area contributed by atoms with Crippen LogP contribution in [0.15, 0.2) is 0 Å². The summed E-state index contributed by atoms with van der Waals surface area (Å²) in [7, 11) is 0. The van der Waals surface area contributed by atoms with Crippen LogP contribution in [0.3, 0.4) is 0 Å². The van der Waals surface area contributed by atoms with Gasteiger partial charge in [0.2, 0.25) is 0 Å². The summed E-state index contributed by atoms with van der Waals surface area (Å²) >= 11 is 0. The molecule has 0 aliphatic heterocycles. The van der Waals surface area contributed by atoms with Gasteiger partial charge in [0.15, 0.2) is 0 Å². The highest BCUT2D eigenvalue weighted by molar-refractivity contribution is 4.93. The van der Waals surface area contributed by atoms with Crippen molar-refractivity contribution in [1.29, 1.82) is 0 Å². The lowest BCUT2D eigenvalue weighted by atomic mass is 9.59. The monoisotopic (exact) mass is 304 g/mol. The Kier molecular flexibility index (Phi) is 6.69. The Morgan fingerprint density at radius 3 is 1.64 bits per heavy atom. The minimum atomic E-state index is 0.795. The molecular formula is C22H40. The van der Waals surface area contributed by atoms with E-state index in [4.69, 9.17) is 0 Å². The van der Waals surface area contributed by atoms with Gasteiger partial charge >= 0.3 is 0 Å². The van der Waals surface area contributed by atoms with Crippen molar-refractivity contribution in [2.75, 3.05) is 0 Å². The molecule has 22 heavy (non-hydrogen) atoms. The molecule has 2 unspecified atom stereocenters. The van der Waals surface area contributed by atoms with Crippen LogP contribution < -0.4 is 0 Å². The highest BCUT2D eigenvalue weighted by Crippen LogP contribution is 2.54. The molecule has 2 bridgehead atoms. The Balaban J connectivity index is 1.64. The minimum Gasteiger partial charge on any atom is -0.0533 e. The van der Waals surface area contributed by atoms with E-state index in [1.807, 2.05) is 0 Å². The van der Waals surface area contributed by atoms with Crippen LogP contribution in [0.4, 0.5) is 0 Å². The maximum Gasteiger partial charge on any atom is -0.0267 e. The van der Waals surface area contributed by atoms with Crippen LogP contribution in [-0.4, -0.2) is 0 Å². The van der Waals surface area contributed by atoms with Crippen molar-refractivity contribution in [2.24, 2.45) is 17.3 Å². The standard InChI is InChI=1S/C22H40/c1-2-4-6-8-15-21(16-9-7-5-3-1)22-17-11-10-13-20(19-22)14-12-18-22/h20-21H,1-19H2. The van der Waals surface area contributed by atoms with Crippen LogP contribution in [0.1, 0.15) is 122 Å². The topological polar surface area (TPSA) is 0 Å². The quantitative estimate of drug-likeness (QED) is 0.466. The molecule has 0 nitrogen and oxygen atoms in total. The van der Waals surface area contributed by atoms with E-state index < -0.39 is 0 Å². The highest BCUT2D eigenvalue weighted by Gasteiger charge is 2.42. The van der Waals surface area contributed by atoms with Gasteiger partial charge in [-0.25, -0.2) is 0 Å². The lowest BCUT2D eigenvalue weighted by Gasteiger charge is -2.46. The molecule has 3 aliphatic rings. The zero-order valence-electron chi connectivity index (χ0n) is 15.1. The Morgan fingerprint density at radius 2 is 0.955 bits per heavy atom. The first-order valence-corrected chi connectivity index (χ1v) is 10.9. The molecule has 0 heterocycles.